The molecule has 40 heavy (non-hydrogen) atoms. The van der Waals surface area contributed by atoms with Gasteiger partial charge in [-0.05, 0) is 67.4 Å². The topological polar surface area (TPSA) is 64.6 Å². The summed E-state index contributed by atoms with van der Waals surface area (Å²) < 4.78 is 37.2. The molecule has 0 aromatic heterocycles. The molecule has 10 heteroatoms. The van der Waals surface area contributed by atoms with Gasteiger partial charge < -0.3 is 31.0 Å². The van der Waals surface area contributed by atoms with Gasteiger partial charge in [-0.1, -0.05) is 54.1 Å². The Labute approximate surface area is 246 Å². The Morgan fingerprint density at radius 1 is 0.625 bits per heavy atom. The predicted molar refractivity (Wildman–Crippen MR) is 172 cm³/mol. The zero-order valence-electron chi connectivity index (χ0n) is 26.4. The third-order valence-corrected chi connectivity index (χ3v) is 15.0. The van der Waals surface area contributed by atoms with Crippen molar-refractivity contribution in [1.82, 2.24) is 0 Å². The van der Waals surface area contributed by atoms with Gasteiger partial charge in [0.2, 0.25) is 0 Å². The van der Waals surface area contributed by atoms with E-state index in [1.807, 2.05) is 6.07 Å². The molecule has 2 rings (SSSR count). The molecule has 0 heterocycles. The van der Waals surface area contributed by atoms with E-state index in [4.69, 9.17) is 31.0 Å². The Hall–Kier alpha value is -1.71. The van der Waals surface area contributed by atoms with Gasteiger partial charge in [-0.3, -0.25) is 0 Å². The maximum absolute atomic E-state index is 5.45. The first-order valence-corrected chi connectivity index (χ1v) is 19.7. The van der Waals surface area contributed by atoms with Crippen LogP contribution in [0.5, 0.6) is 0 Å². The maximum Gasteiger partial charge on any atom is 0.500 e. The number of aryl methyl sites for hydroxylation is 4. The minimum Gasteiger partial charge on any atom is -0.398 e. The average Bonchev–Trinajstić information content (AvgIpc) is 3.00. The molecule has 0 fully saturated rings. The fraction of sp³-hybridized carbons (Fsp3) is 0.467. The second-order valence-corrected chi connectivity index (χ2v) is 19.0. The smallest absolute Gasteiger partial charge is 0.398 e. The molecule has 226 valence electrons. The summed E-state index contributed by atoms with van der Waals surface area (Å²) in [6.45, 7) is 13.5. The van der Waals surface area contributed by atoms with E-state index in [1.54, 1.807) is 61.2 Å². The first-order chi connectivity index (χ1) is 19.0. The SMILES string of the molecule is C=C[Si](C=C)(OC)OC.CO[Si](C)(CCc1ccc(C)cc1)OC.CO[Si](CCc1ccccc1C)(OC)OC. The van der Waals surface area contributed by atoms with Crippen LogP contribution < -0.4 is 0 Å². The molecule has 0 aliphatic rings. The highest BCUT2D eigenvalue weighted by atomic mass is 28.4. The molecule has 2 aromatic rings. The zero-order chi connectivity index (χ0) is 30.7. The van der Waals surface area contributed by atoms with E-state index in [2.05, 4.69) is 76.0 Å². The van der Waals surface area contributed by atoms with Crippen LogP contribution in [0.2, 0.25) is 18.6 Å². The molecular formula is C30H52O7Si3. The maximum atomic E-state index is 5.45. The summed E-state index contributed by atoms with van der Waals surface area (Å²) in [6, 6.07) is 18.8. The Bertz CT molecular complexity index is 940. The van der Waals surface area contributed by atoms with E-state index in [9.17, 15) is 0 Å². The van der Waals surface area contributed by atoms with Gasteiger partial charge in [0.15, 0.2) is 0 Å². The van der Waals surface area contributed by atoms with E-state index < -0.39 is 25.9 Å². The lowest BCUT2D eigenvalue weighted by atomic mass is 10.1. The van der Waals surface area contributed by atoms with Gasteiger partial charge in [0, 0.05) is 55.8 Å². The van der Waals surface area contributed by atoms with Crippen molar-refractivity contribution in [3.8, 4) is 0 Å². The second kappa shape index (κ2) is 20.2. The molecule has 0 radical (unpaired) electrons. The Balaban J connectivity index is 0.000000595. The fourth-order valence-electron chi connectivity index (χ4n) is 3.65. The summed E-state index contributed by atoms with van der Waals surface area (Å²) in [5.41, 5.74) is 8.64. The summed E-state index contributed by atoms with van der Waals surface area (Å²) in [5.74, 6) is 0. The molecule has 0 amide bonds. The quantitative estimate of drug-likeness (QED) is 0.214. The molecular weight excluding hydrogens is 557 g/mol. The number of hydrogen-bond donors (Lipinski definition) is 0. The molecule has 0 saturated carbocycles. The van der Waals surface area contributed by atoms with E-state index in [1.165, 1.54) is 22.3 Å². The molecule has 0 aliphatic heterocycles. The van der Waals surface area contributed by atoms with Crippen molar-refractivity contribution in [1.29, 1.82) is 0 Å². The van der Waals surface area contributed by atoms with Gasteiger partial charge >= 0.3 is 25.9 Å². The first-order valence-electron chi connectivity index (χ1n) is 13.2. The summed E-state index contributed by atoms with van der Waals surface area (Å²) in [4.78, 5) is 0. The van der Waals surface area contributed by atoms with Crippen molar-refractivity contribution < 1.29 is 31.0 Å². The molecule has 0 aliphatic carbocycles. The second-order valence-electron chi connectivity index (χ2n) is 9.29. The molecule has 0 spiro atoms. The summed E-state index contributed by atoms with van der Waals surface area (Å²) in [6.07, 6.45) is 1.96. The highest BCUT2D eigenvalue weighted by molar-refractivity contribution is 6.77. The minimum atomic E-state index is -2.42. The van der Waals surface area contributed by atoms with Crippen LogP contribution in [0.1, 0.15) is 22.3 Å². The van der Waals surface area contributed by atoms with Crippen LogP contribution in [0.4, 0.5) is 0 Å². The van der Waals surface area contributed by atoms with E-state index in [-0.39, 0.29) is 0 Å². The van der Waals surface area contributed by atoms with Crippen LogP contribution in [0.3, 0.4) is 0 Å². The third kappa shape index (κ3) is 13.3. The highest BCUT2D eigenvalue weighted by Gasteiger charge is 2.37. The molecule has 0 atom stereocenters. The van der Waals surface area contributed by atoms with Gasteiger partial charge in [-0.15, -0.1) is 13.2 Å². The normalized spacial score (nSPS) is 11.6. The van der Waals surface area contributed by atoms with Crippen LogP contribution in [-0.2, 0) is 43.8 Å². The number of hydrogen-bond acceptors (Lipinski definition) is 7. The van der Waals surface area contributed by atoms with E-state index in [0.717, 1.165) is 24.9 Å². The van der Waals surface area contributed by atoms with Crippen molar-refractivity contribution >= 4 is 25.9 Å². The zero-order valence-corrected chi connectivity index (χ0v) is 29.4. The van der Waals surface area contributed by atoms with Crippen molar-refractivity contribution in [3.63, 3.8) is 0 Å². The average molecular weight is 609 g/mol. The number of benzene rings is 2. The molecule has 7 nitrogen and oxygen atoms in total. The molecule has 2 aromatic carbocycles. The summed E-state index contributed by atoms with van der Waals surface area (Å²) in [7, 11) is 5.14. The molecule has 0 saturated heterocycles. The Morgan fingerprint density at radius 2 is 1.12 bits per heavy atom. The van der Waals surface area contributed by atoms with Crippen LogP contribution in [0.25, 0.3) is 0 Å². The van der Waals surface area contributed by atoms with Gasteiger partial charge in [-0.2, -0.15) is 0 Å². The molecule has 0 N–H and O–H groups in total. The Kier molecular flexibility index (Phi) is 19.4. The number of rotatable bonds is 15. The minimum absolute atomic E-state index is 0.807. The standard InChI is InChI=1S/C12H20O3Si.C12H20O2Si.C6H12O2Si/c1-11-7-5-6-8-12(11)9-10-16(13-2,14-3)15-4;1-11-5-7-12(8-6-11)9-10-15(4,13-2)14-3;1-5-9(6-2,7-3)8-4/h5-8H,9-10H2,1-4H3;5-8H,9-10H2,1-4H3;5-6H,1-2H2,3-4H3. The Morgan fingerprint density at radius 3 is 1.50 bits per heavy atom. The molecule has 0 unspecified atom stereocenters. The van der Waals surface area contributed by atoms with Gasteiger partial charge in [0.05, 0.1) is 0 Å². The van der Waals surface area contributed by atoms with E-state index in [0.29, 0.717) is 0 Å². The first kappa shape index (κ1) is 38.3. The van der Waals surface area contributed by atoms with Crippen LogP contribution in [0, 0.1) is 13.8 Å². The van der Waals surface area contributed by atoms with Gasteiger partial charge in [0.25, 0.3) is 0 Å². The van der Waals surface area contributed by atoms with Crippen molar-refractivity contribution in [2.24, 2.45) is 0 Å². The van der Waals surface area contributed by atoms with Crippen LogP contribution >= 0.6 is 0 Å². The lowest BCUT2D eigenvalue weighted by Gasteiger charge is -2.24. The van der Waals surface area contributed by atoms with Crippen LogP contribution in [-0.4, -0.2) is 75.7 Å². The lowest BCUT2D eigenvalue weighted by Crippen LogP contribution is -2.43. The van der Waals surface area contributed by atoms with Crippen molar-refractivity contribution in [2.45, 2.75) is 45.3 Å². The monoisotopic (exact) mass is 608 g/mol. The highest BCUT2D eigenvalue weighted by Crippen LogP contribution is 2.19. The largest absolute Gasteiger partial charge is 0.500 e. The van der Waals surface area contributed by atoms with Gasteiger partial charge in [-0.25, -0.2) is 0 Å². The molecule has 0 bridgehead atoms. The third-order valence-electron chi connectivity index (χ3n) is 6.95. The predicted octanol–water partition coefficient (Wildman–Crippen LogP) is 6.49. The van der Waals surface area contributed by atoms with Crippen molar-refractivity contribution in [3.05, 3.63) is 95.3 Å². The lowest BCUT2D eigenvalue weighted by molar-refractivity contribution is 0.123. The summed E-state index contributed by atoms with van der Waals surface area (Å²) in [5, 5.41) is 0. The van der Waals surface area contributed by atoms with E-state index >= 15 is 0 Å². The van der Waals surface area contributed by atoms with Crippen molar-refractivity contribution in [2.75, 3.05) is 49.8 Å². The van der Waals surface area contributed by atoms with Gasteiger partial charge in [0.1, 0.15) is 0 Å². The summed E-state index contributed by atoms with van der Waals surface area (Å²) >= 11 is 0. The fourth-order valence-corrected chi connectivity index (χ4v) is 7.65. The van der Waals surface area contributed by atoms with Crippen LogP contribution in [0.15, 0.2) is 73.1 Å².